The van der Waals surface area contributed by atoms with Gasteiger partial charge in [-0.25, -0.2) is 8.78 Å². The Morgan fingerprint density at radius 1 is 1.20 bits per heavy atom. The molecular formula is C17H13F4NO3. The first-order chi connectivity index (χ1) is 11.9. The van der Waals surface area contributed by atoms with Gasteiger partial charge in [-0.1, -0.05) is 12.1 Å². The Kier molecular flexibility index (Phi) is 5.99. The first-order valence-electron chi connectivity index (χ1n) is 6.96. The van der Waals surface area contributed by atoms with Crippen molar-refractivity contribution in [3.63, 3.8) is 0 Å². The van der Waals surface area contributed by atoms with Crippen LogP contribution in [0.25, 0.3) is 6.08 Å². The van der Waals surface area contributed by atoms with Crippen LogP contribution < -0.4 is 14.8 Å². The molecule has 0 spiro atoms. The van der Waals surface area contributed by atoms with E-state index in [1.165, 1.54) is 31.4 Å². The average Bonchev–Trinajstić information content (AvgIpc) is 2.56. The third-order valence-corrected chi connectivity index (χ3v) is 3.04. The molecule has 132 valence electrons. The number of alkyl halides is 2. The van der Waals surface area contributed by atoms with Gasteiger partial charge in [0, 0.05) is 17.7 Å². The van der Waals surface area contributed by atoms with Crippen LogP contribution in [0, 0.1) is 11.6 Å². The molecule has 1 N–H and O–H groups in total. The van der Waals surface area contributed by atoms with Gasteiger partial charge in [0.05, 0.1) is 12.8 Å². The van der Waals surface area contributed by atoms with Crippen molar-refractivity contribution in [1.29, 1.82) is 0 Å². The van der Waals surface area contributed by atoms with Gasteiger partial charge in [0.1, 0.15) is 11.6 Å². The molecule has 0 aliphatic carbocycles. The Morgan fingerprint density at radius 3 is 2.64 bits per heavy atom. The van der Waals surface area contributed by atoms with E-state index in [1.54, 1.807) is 0 Å². The minimum atomic E-state index is -3.08. The van der Waals surface area contributed by atoms with E-state index >= 15 is 0 Å². The van der Waals surface area contributed by atoms with E-state index in [-0.39, 0.29) is 22.7 Å². The fourth-order valence-electron chi connectivity index (χ4n) is 1.97. The number of carbonyl (C=O) groups excluding carboxylic acids is 1. The molecule has 0 unspecified atom stereocenters. The SMILES string of the molecule is COc1cccc(/C=C/C(=O)Nc2cc(F)ccc2F)c1OC(F)F. The molecule has 0 saturated carbocycles. The summed E-state index contributed by atoms with van der Waals surface area (Å²) >= 11 is 0. The van der Waals surface area contributed by atoms with Crippen molar-refractivity contribution in [2.24, 2.45) is 0 Å². The number of hydrogen-bond donors (Lipinski definition) is 1. The maximum Gasteiger partial charge on any atom is 0.387 e. The highest BCUT2D eigenvalue weighted by Crippen LogP contribution is 2.33. The first-order valence-corrected chi connectivity index (χ1v) is 6.96. The Hall–Kier alpha value is -3.03. The third-order valence-electron chi connectivity index (χ3n) is 3.04. The molecule has 0 aliphatic heterocycles. The van der Waals surface area contributed by atoms with E-state index in [0.717, 1.165) is 24.3 Å². The van der Waals surface area contributed by atoms with Crippen LogP contribution in [0.15, 0.2) is 42.5 Å². The average molecular weight is 355 g/mol. The van der Waals surface area contributed by atoms with E-state index in [0.29, 0.717) is 0 Å². The molecule has 2 rings (SSSR count). The van der Waals surface area contributed by atoms with E-state index in [4.69, 9.17) is 4.74 Å². The van der Waals surface area contributed by atoms with Crippen molar-refractivity contribution in [2.45, 2.75) is 6.61 Å². The second kappa shape index (κ2) is 8.18. The molecule has 0 aromatic heterocycles. The zero-order chi connectivity index (χ0) is 18.4. The lowest BCUT2D eigenvalue weighted by Crippen LogP contribution is -2.09. The summed E-state index contributed by atoms with van der Waals surface area (Å²) in [6.45, 7) is -3.08. The third kappa shape index (κ3) is 4.97. The van der Waals surface area contributed by atoms with Gasteiger partial charge in [0.2, 0.25) is 5.91 Å². The number of amides is 1. The summed E-state index contributed by atoms with van der Waals surface area (Å²) in [5.74, 6) is -2.51. The van der Waals surface area contributed by atoms with Crippen LogP contribution in [0.4, 0.5) is 23.2 Å². The normalized spacial score (nSPS) is 11.0. The lowest BCUT2D eigenvalue weighted by atomic mass is 10.1. The number of benzene rings is 2. The van der Waals surface area contributed by atoms with Gasteiger partial charge in [-0.3, -0.25) is 4.79 Å². The van der Waals surface area contributed by atoms with Gasteiger partial charge in [0.15, 0.2) is 11.5 Å². The number of hydrogen-bond acceptors (Lipinski definition) is 3. The molecule has 0 radical (unpaired) electrons. The molecule has 0 bridgehead atoms. The second-order valence-corrected chi connectivity index (χ2v) is 4.70. The second-order valence-electron chi connectivity index (χ2n) is 4.70. The monoisotopic (exact) mass is 355 g/mol. The topological polar surface area (TPSA) is 47.6 Å². The van der Waals surface area contributed by atoms with Crippen molar-refractivity contribution in [3.8, 4) is 11.5 Å². The highest BCUT2D eigenvalue weighted by atomic mass is 19.3. The first kappa shape index (κ1) is 18.3. The molecule has 2 aromatic carbocycles. The zero-order valence-electron chi connectivity index (χ0n) is 12.9. The summed E-state index contributed by atoms with van der Waals surface area (Å²) in [5.41, 5.74) is -0.195. The van der Waals surface area contributed by atoms with Crippen LogP contribution >= 0.6 is 0 Å². The molecule has 0 atom stereocenters. The van der Waals surface area contributed by atoms with Gasteiger partial charge in [0.25, 0.3) is 0 Å². The van der Waals surface area contributed by atoms with Crippen LogP contribution in [0.5, 0.6) is 11.5 Å². The van der Waals surface area contributed by atoms with Gasteiger partial charge in [-0.2, -0.15) is 8.78 Å². The smallest absolute Gasteiger partial charge is 0.387 e. The summed E-state index contributed by atoms with van der Waals surface area (Å²) in [7, 11) is 1.28. The van der Waals surface area contributed by atoms with E-state index in [1.807, 2.05) is 0 Å². The number of halogens is 4. The molecule has 4 nitrogen and oxygen atoms in total. The molecule has 0 fully saturated rings. The van der Waals surface area contributed by atoms with Crippen molar-refractivity contribution in [3.05, 3.63) is 59.7 Å². The number of para-hydroxylation sites is 1. The van der Waals surface area contributed by atoms with Crippen molar-refractivity contribution < 1.29 is 31.8 Å². The van der Waals surface area contributed by atoms with Gasteiger partial charge < -0.3 is 14.8 Å². The lowest BCUT2D eigenvalue weighted by molar-refractivity contribution is -0.111. The predicted molar refractivity (Wildman–Crippen MR) is 83.6 cm³/mol. The minimum absolute atomic E-state index is 0.0547. The molecule has 0 aliphatic rings. The molecule has 8 heteroatoms. The number of ether oxygens (including phenoxy) is 2. The van der Waals surface area contributed by atoms with E-state index < -0.39 is 24.2 Å². The van der Waals surface area contributed by atoms with Gasteiger partial charge in [-0.15, -0.1) is 0 Å². The predicted octanol–water partition coefficient (Wildman–Crippen LogP) is 4.23. The van der Waals surface area contributed by atoms with Gasteiger partial charge >= 0.3 is 6.61 Å². The fraction of sp³-hybridized carbons (Fsp3) is 0.118. The molecule has 0 saturated heterocycles. The van der Waals surface area contributed by atoms with Crippen molar-refractivity contribution in [2.75, 3.05) is 12.4 Å². The molecule has 0 heterocycles. The number of anilines is 1. The highest BCUT2D eigenvalue weighted by Gasteiger charge is 2.14. The summed E-state index contributed by atoms with van der Waals surface area (Å²) in [6.07, 6.45) is 2.16. The Morgan fingerprint density at radius 2 is 1.96 bits per heavy atom. The Bertz CT molecular complexity index is 793. The molecular weight excluding hydrogens is 342 g/mol. The number of rotatable bonds is 6. The quantitative estimate of drug-likeness (QED) is 0.623. The summed E-state index contributed by atoms with van der Waals surface area (Å²) in [5, 5.41) is 2.15. The zero-order valence-corrected chi connectivity index (χ0v) is 12.9. The van der Waals surface area contributed by atoms with Crippen LogP contribution in [0.1, 0.15) is 5.56 Å². The van der Waals surface area contributed by atoms with Crippen LogP contribution in [-0.4, -0.2) is 19.6 Å². The van der Waals surface area contributed by atoms with Crippen molar-refractivity contribution in [1.82, 2.24) is 0 Å². The van der Waals surface area contributed by atoms with Crippen molar-refractivity contribution >= 4 is 17.7 Å². The summed E-state index contributed by atoms with van der Waals surface area (Å²) < 4.78 is 60.9. The Labute approximate surface area is 140 Å². The number of carbonyl (C=O) groups is 1. The number of methoxy groups -OCH3 is 1. The summed E-state index contributed by atoms with van der Waals surface area (Å²) in [6, 6.07) is 6.94. The Balaban J connectivity index is 2.20. The number of nitrogens with one attached hydrogen (secondary N) is 1. The maximum absolute atomic E-state index is 13.5. The highest BCUT2D eigenvalue weighted by molar-refractivity contribution is 6.02. The van der Waals surface area contributed by atoms with Gasteiger partial charge in [-0.05, 0) is 24.3 Å². The lowest BCUT2D eigenvalue weighted by Gasteiger charge is -2.12. The van der Waals surface area contributed by atoms with Crippen LogP contribution in [0.3, 0.4) is 0 Å². The minimum Gasteiger partial charge on any atom is -0.493 e. The fourth-order valence-corrected chi connectivity index (χ4v) is 1.97. The molecule has 1 amide bonds. The van der Waals surface area contributed by atoms with Crippen LogP contribution in [0.2, 0.25) is 0 Å². The van der Waals surface area contributed by atoms with E-state index in [9.17, 15) is 22.4 Å². The largest absolute Gasteiger partial charge is 0.493 e. The standard InChI is InChI=1S/C17H13F4NO3/c1-24-14-4-2-3-10(16(14)25-17(20)21)5-8-15(23)22-13-9-11(18)6-7-12(13)19/h2-9,17H,1H3,(H,22,23)/b8-5+. The summed E-state index contributed by atoms with van der Waals surface area (Å²) in [4.78, 5) is 11.8. The molecule has 25 heavy (non-hydrogen) atoms. The van der Waals surface area contributed by atoms with Crippen LogP contribution in [-0.2, 0) is 4.79 Å². The van der Waals surface area contributed by atoms with E-state index in [2.05, 4.69) is 10.1 Å². The molecule has 2 aromatic rings. The maximum atomic E-state index is 13.5.